The van der Waals surface area contributed by atoms with E-state index in [0.717, 1.165) is 31.7 Å². The minimum Gasteiger partial charge on any atom is -0.494 e. The van der Waals surface area contributed by atoms with Crippen LogP contribution in [0.3, 0.4) is 0 Å². The van der Waals surface area contributed by atoms with E-state index in [9.17, 15) is 4.79 Å². The number of nitrogens with one attached hydrogen (secondary N) is 1. The number of hydrogen-bond acceptors (Lipinski definition) is 4. The van der Waals surface area contributed by atoms with Gasteiger partial charge >= 0.3 is 0 Å². The zero-order chi connectivity index (χ0) is 14.4. The zero-order valence-electron chi connectivity index (χ0n) is 12.3. The van der Waals surface area contributed by atoms with Gasteiger partial charge in [0.25, 0.3) is 0 Å². The van der Waals surface area contributed by atoms with Crippen molar-refractivity contribution in [1.82, 2.24) is 5.32 Å². The fourth-order valence-electron chi connectivity index (χ4n) is 2.54. The van der Waals surface area contributed by atoms with Crippen molar-refractivity contribution in [3.05, 3.63) is 23.8 Å². The van der Waals surface area contributed by atoms with Crippen molar-refractivity contribution < 1.29 is 14.3 Å². The molecule has 0 atom stereocenters. The second-order valence-electron chi connectivity index (χ2n) is 4.91. The van der Waals surface area contributed by atoms with Crippen LogP contribution in [-0.2, 0) is 0 Å². The topological polar surface area (TPSA) is 47.6 Å². The summed E-state index contributed by atoms with van der Waals surface area (Å²) in [5.41, 5.74) is 0.657. The lowest BCUT2D eigenvalue weighted by atomic mass is 9.89. The van der Waals surface area contributed by atoms with Crippen LogP contribution < -0.4 is 14.8 Å². The standard InChI is InChI=1S/C16H23NO3/c1-3-19-13-5-6-15(20-4-2)14(11-13)16(18)12-7-9-17-10-8-12/h5-6,11-12,17H,3-4,7-10H2,1-2H3. The van der Waals surface area contributed by atoms with Crippen LogP contribution >= 0.6 is 0 Å². The molecule has 4 heteroatoms. The van der Waals surface area contributed by atoms with Crippen LogP contribution in [0.15, 0.2) is 18.2 Å². The highest BCUT2D eigenvalue weighted by atomic mass is 16.5. The summed E-state index contributed by atoms with van der Waals surface area (Å²) in [6, 6.07) is 5.51. The van der Waals surface area contributed by atoms with Crippen molar-refractivity contribution in [2.75, 3.05) is 26.3 Å². The third kappa shape index (κ3) is 3.51. The van der Waals surface area contributed by atoms with Gasteiger partial charge in [-0.1, -0.05) is 0 Å². The number of ether oxygens (including phenoxy) is 2. The van der Waals surface area contributed by atoms with Crippen LogP contribution in [0, 0.1) is 5.92 Å². The normalized spacial score (nSPS) is 15.9. The Kier molecular flexibility index (Phi) is 5.41. The van der Waals surface area contributed by atoms with Gasteiger partial charge in [0, 0.05) is 5.92 Å². The summed E-state index contributed by atoms with van der Waals surface area (Å²) in [5, 5.41) is 3.28. The predicted molar refractivity (Wildman–Crippen MR) is 78.7 cm³/mol. The van der Waals surface area contributed by atoms with E-state index in [0.29, 0.717) is 24.5 Å². The molecule has 1 N–H and O–H groups in total. The highest BCUT2D eigenvalue weighted by molar-refractivity contribution is 6.00. The van der Waals surface area contributed by atoms with Gasteiger partial charge in [-0.3, -0.25) is 4.79 Å². The molecule has 1 aromatic rings. The van der Waals surface area contributed by atoms with Crippen molar-refractivity contribution in [3.63, 3.8) is 0 Å². The van der Waals surface area contributed by atoms with Crippen molar-refractivity contribution in [1.29, 1.82) is 0 Å². The fraction of sp³-hybridized carbons (Fsp3) is 0.562. The number of benzene rings is 1. The zero-order valence-corrected chi connectivity index (χ0v) is 12.3. The van der Waals surface area contributed by atoms with E-state index in [-0.39, 0.29) is 11.7 Å². The lowest BCUT2D eigenvalue weighted by Crippen LogP contribution is -2.32. The maximum absolute atomic E-state index is 12.7. The van der Waals surface area contributed by atoms with Gasteiger partial charge in [0.1, 0.15) is 11.5 Å². The monoisotopic (exact) mass is 277 g/mol. The minimum atomic E-state index is 0.0901. The average Bonchev–Trinajstić information content (AvgIpc) is 2.49. The maximum atomic E-state index is 12.7. The van der Waals surface area contributed by atoms with Crippen molar-refractivity contribution >= 4 is 5.78 Å². The Morgan fingerprint density at radius 2 is 1.90 bits per heavy atom. The molecule has 0 radical (unpaired) electrons. The third-order valence-corrected chi connectivity index (χ3v) is 3.54. The highest BCUT2D eigenvalue weighted by Crippen LogP contribution is 2.29. The summed E-state index contributed by atoms with van der Waals surface area (Å²) < 4.78 is 11.1. The van der Waals surface area contributed by atoms with Gasteiger partial charge in [-0.2, -0.15) is 0 Å². The largest absolute Gasteiger partial charge is 0.494 e. The van der Waals surface area contributed by atoms with Crippen LogP contribution in [0.4, 0.5) is 0 Å². The molecule has 1 fully saturated rings. The predicted octanol–water partition coefficient (Wildman–Crippen LogP) is 2.67. The molecule has 0 unspecified atom stereocenters. The van der Waals surface area contributed by atoms with Crippen molar-refractivity contribution in [2.45, 2.75) is 26.7 Å². The molecule has 1 aliphatic rings. The van der Waals surface area contributed by atoms with Gasteiger partial charge in [-0.15, -0.1) is 0 Å². The van der Waals surface area contributed by atoms with E-state index < -0.39 is 0 Å². The lowest BCUT2D eigenvalue weighted by Gasteiger charge is -2.22. The minimum absolute atomic E-state index is 0.0901. The first-order chi connectivity index (χ1) is 9.76. The molecule has 2 rings (SSSR count). The smallest absolute Gasteiger partial charge is 0.169 e. The molecular formula is C16H23NO3. The van der Waals surface area contributed by atoms with Crippen LogP contribution in [-0.4, -0.2) is 32.1 Å². The molecule has 0 amide bonds. The first kappa shape index (κ1) is 14.9. The lowest BCUT2D eigenvalue weighted by molar-refractivity contribution is 0.0890. The van der Waals surface area contributed by atoms with Crippen LogP contribution in [0.5, 0.6) is 11.5 Å². The van der Waals surface area contributed by atoms with Gasteiger partial charge in [-0.25, -0.2) is 0 Å². The van der Waals surface area contributed by atoms with Gasteiger partial charge in [-0.05, 0) is 58.0 Å². The Morgan fingerprint density at radius 3 is 2.55 bits per heavy atom. The van der Waals surface area contributed by atoms with Gasteiger partial charge in [0.05, 0.1) is 18.8 Å². The molecular weight excluding hydrogens is 254 g/mol. The second-order valence-corrected chi connectivity index (χ2v) is 4.91. The van der Waals surface area contributed by atoms with E-state index in [1.807, 2.05) is 32.0 Å². The number of carbonyl (C=O) groups is 1. The molecule has 0 bridgehead atoms. The quantitative estimate of drug-likeness (QED) is 0.812. The summed E-state index contributed by atoms with van der Waals surface area (Å²) in [4.78, 5) is 12.7. The van der Waals surface area contributed by atoms with Crippen molar-refractivity contribution in [2.24, 2.45) is 5.92 Å². The van der Waals surface area contributed by atoms with E-state index in [1.165, 1.54) is 0 Å². The Balaban J connectivity index is 2.25. The molecule has 110 valence electrons. The summed E-state index contributed by atoms with van der Waals surface area (Å²) in [6.07, 6.45) is 1.78. The first-order valence-electron chi connectivity index (χ1n) is 7.40. The Bertz CT molecular complexity index is 453. The number of Topliss-reactive ketones (excluding diaryl/α,β-unsaturated/α-hetero) is 1. The van der Waals surface area contributed by atoms with E-state index >= 15 is 0 Å². The molecule has 20 heavy (non-hydrogen) atoms. The summed E-state index contributed by atoms with van der Waals surface area (Å²) in [5.74, 6) is 1.66. The number of ketones is 1. The van der Waals surface area contributed by atoms with E-state index in [1.54, 1.807) is 0 Å². The Labute approximate surface area is 120 Å². The molecule has 4 nitrogen and oxygen atoms in total. The van der Waals surface area contributed by atoms with Crippen LogP contribution in [0.25, 0.3) is 0 Å². The summed E-state index contributed by atoms with van der Waals surface area (Å²) in [7, 11) is 0. The molecule has 0 saturated carbocycles. The Hall–Kier alpha value is -1.55. The maximum Gasteiger partial charge on any atom is 0.169 e. The summed E-state index contributed by atoms with van der Waals surface area (Å²) in [6.45, 7) is 6.83. The second kappa shape index (κ2) is 7.29. The van der Waals surface area contributed by atoms with Crippen LogP contribution in [0.1, 0.15) is 37.0 Å². The summed E-state index contributed by atoms with van der Waals surface area (Å²) >= 11 is 0. The fourth-order valence-corrected chi connectivity index (χ4v) is 2.54. The highest BCUT2D eigenvalue weighted by Gasteiger charge is 2.25. The first-order valence-corrected chi connectivity index (χ1v) is 7.40. The molecule has 1 aliphatic heterocycles. The third-order valence-electron chi connectivity index (χ3n) is 3.54. The molecule has 0 spiro atoms. The van der Waals surface area contributed by atoms with E-state index in [2.05, 4.69) is 5.32 Å². The van der Waals surface area contributed by atoms with Crippen molar-refractivity contribution in [3.8, 4) is 11.5 Å². The number of piperidine rings is 1. The van der Waals surface area contributed by atoms with Gasteiger partial charge in [0.2, 0.25) is 0 Å². The molecule has 1 heterocycles. The molecule has 0 aliphatic carbocycles. The number of rotatable bonds is 6. The molecule has 1 aromatic carbocycles. The SMILES string of the molecule is CCOc1ccc(OCC)c(C(=O)C2CCNCC2)c1. The van der Waals surface area contributed by atoms with Crippen LogP contribution in [0.2, 0.25) is 0 Å². The average molecular weight is 277 g/mol. The van der Waals surface area contributed by atoms with E-state index in [4.69, 9.17) is 9.47 Å². The molecule has 1 saturated heterocycles. The van der Waals surface area contributed by atoms with Gasteiger partial charge < -0.3 is 14.8 Å². The Morgan fingerprint density at radius 1 is 1.20 bits per heavy atom. The molecule has 0 aromatic heterocycles. The number of hydrogen-bond donors (Lipinski definition) is 1. The number of carbonyl (C=O) groups excluding carboxylic acids is 1. The van der Waals surface area contributed by atoms with Gasteiger partial charge in [0.15, 0.2) is 5.78 Å².